The van der Waals surface area contributed by atoms with Crippen LogP contribution in [0.1, 0.15) is 37.7 Å². The predicted octanol–water partition coefficient (Wildman–Crippen LogP) is 3.09. The molecule has 1 aromatic carbocycles. The first-order valence-corrected chi connectivity index (χ1v) is 7.31. The van der Waals surface area contributed by atoms with E-state index in [1.165, 1.54) is 13.5 Å². The lowest BCUT2D eigenvalue weighted by Crippen LogP contribution is -2.22. The summed E-state index contributed by atoms with van der Waals surface area (Å²) in [5, 5.41) is 10.1. The third kappa shape index (κ3) is 4.18. The Hall–Kier alpha value is -1.13. The highest BCUT2D eigenvalue weighted by Crippen LogP contribution is 2.23. The highest BCUT2D eigenvalue weighted by atomic mass is 19.1. The maximum Gasteiger partial charge on any atom is 0.168 e. The van der Waals surface area contributed by atoms with E-state index in [4.69, 9.17) is 9.47 Å². The van der Waals surface area contributed by atoms with Crippen LogP contribution < -0.4 is 4.74 Å². The molecule has 0 amide bonds. The van der Waals surface area contributed by atoms with E-state index in [-0.39, 0.29) is 17.7 Å². The average Bonchev–Trinajstić information content (AvgIpc) is 2.48. The largest absolute Gasteiger partial charge is 0.494 e. The van der Waals surface area contributed by atoms with Gasteiger partial charge >= 0.3 is 0 Å². The molecular formula is C16H23FO3. The smallest absolute Gasteiger partial charge is 0.168 e. The van der Waals surface area contributed by atoms with Crippen molar-refractivity contribution in [2.45, 2.75) is 50.7 Å². The number of aliphatic hydroxyl groups is 1. The Labute approximate surface area is 119 Å². The van der Waals surface area contributed by atoms with Gasteiger partial charge in [0.05, 0.1) is 19.3 Å². The minimum atomic E-state index is -0.540. The van der Waals surface area contributed by atoms with Gasteiger partial charge in [0.25, 0.3) is 0 Å². The molecule has 1 aliphatic heterocycles. The van der Waals surface area contributed by atoms with Crippen LogP contribution in [-0.4, -0.2) is 31.0 Å². The Bertz CT molecular complexity index is 416. The quantitative estimate of drug-likeness (QED) is 0.871. The molecule has 0 bridgehead atoms. The summed E-state index contributed by atoms with van der Waals surface area (Å²) in [5.74, 6) is -0.145. The molecule has 4 heteroatoms. The Kier molecular flexibility index (Phi) is 5.80. The van der Waals surface area contributed by atoms with Crippen LogP contribution in [0.3, 0.4) is 0 Å². The van der Waals surface area contributed by atoms with Gasteiger partial charge in [0, 0.05) is 13.0 Å². The van der Waals surface area contributed by atoms with E-state index in [1.54, 1.807) is 18.2 Å². The molecule has 1 aliphatic rings. The number of halogens is 1. The number of methoxy groups -OCH3 is 1. The van der Waals surface area contributed by atoms with Gasteiger partial charge in [-0.15, -0.1) is 0 Å². The third-order valence-electron chi connectivity index (χ3n) is 3.81. The van der Waals surface area contributed by atoms with Crippen molar-refractivity contribution in [3.05, 3.63) is 29.6 Å². The van der Waals surface area contributed by atoms with Crippen LogP contribution in [-0.2, 0) is 11.2 Å². The normalized spacial score (nSPS) is 20.6. The van der Waals surface area contributed by atoms with E-state index in [0.717, 1.165) is 25.9 Å². The van der Waals surface area contributed by atoms with Gasteiger partial charge in [-0.1, -0.05) is 12.1 Å². The van der Waals surface area contributed by atoms with E-state index >= 15 is 0 Å². The van der Waals surface area contributed by atoms with Crippen LogP contribution in [0.2, 0.25) is 0 Å². The van der Waals surface area contributed by atoms with Crippen molar-refractivity contribution in [3.8, 4) is 5.75 Å². The van der Waals surface area contributed by atoms with Gasteiger partial charge in [-0.3, -0.25) is 0 Å². The summed E-state index contributed by atoms with van der Waals surface area (Å²) in [6.07, 6.45) is 4.92. The Morgan fingerprint density at radius 2 is 2.30 bits per heavy atom. The van der Waals surface area contributed by atoms with Gasteiger partial charge in [-0.2, -0.15) is 0 Å². The first-order valence-electron chi connectivity index (χ1n) is 7.31. The zero-order valence-corrected chi connectivity index (χ0v) is 12.0. The number of hydrogen-bond donors (Lipinski definition) is 1. The first kappa shape index (κ1) is 15.3. The van der Waals surface area contributed by atoms with Crippen molar-refractivity contribution >= 4 is 0 Å². The Morgan fingerprint density at radius 1 is 1.45 bits per heavy atom. The molecule has 1 aromatic rings. The molecule has 3 nitrogen and oxygen atoms in total. The topological polar surface area (TPSA) is 38.7 Å². The van der Waals surface area contributed by atoms with Crippen LogP contribution in [0.15, 0.2) is 18.2 Å². The Morgan fingerprint density at radius 3 is 3.00 bits per heavy atom. The van der Waals surface area contributed by atoms with Crippen LogP contribution in [0.5, 0.6) is 5.75 Å². The molecule has 2 unspecified atom stereocenters. The summed E-state index contributed by atoms with van der Waals surface area (Å²) in [6, 6.07) is 5.02. The first-order chi connectivity index (χ1) is 9.70. The minimum Gasteiger partial charge on any atom is -0.494 e. The molecule has 0 spiro atoms. The second-order valence-corrected chi connectivity index (χ2v) is 5.36. The molecule has 1 saturated heterocycles. The molecule has 1 N–H and O–H groups in total. The van der Waals surface area contributed by atoms with Crippen LogP contribution in [0.4, 0.5) is 4.39 Å². The van der Waals surface area contributed by atoms with Crippen molar-refractivity contribution < 1.29 is 19.0 Å². The van der Waals surface area contributed by atoms with Gasteiger partial charge in [-0.05, 0) is 43.7 Å². The van der Waals surface area contributed by atoms with Crippen molar-refractivity contribution in [1.82, 2.24) is 0 Å². The zero-order valence-electron chi connectivity index (χ0n) is 12.0. The number of hydrogen-bond acceptors (Lipinski definition) is 3. The van der Waals surface area contributed by atoms with Gasteiger partial charge in [0.15, 0.2) is 11.6 Å². The standard InChI is InChI=1S/C16H23FO3/c1-19-15-7-4-5-12(16(15)17)11-13(18)8-9-14-6-2-3-10-20-14/h4-5,7,13-14,18H,2-3,6,8-11H2,1H3. The summed E-state index contributed by atoms with van der Waals surface area (Å²) in [6.45, 7) is 0.825. The lowest BCUT2D eigenvalue weighted by Gasteiger charge is -2.23. The fraction of sp³-hybridized carbons (Fsp3) is 0.625. The molecule has 1 fully saturated rings. The van der Waals surface area contributed by atoms with Crippen LogP contribution in [0.25, 0.3) is 0 Å². The third-order valence-corrected chi connectivity index (χ3v) is 3.81. The summed E-state index contributed by atoms with van der Waals surface area (Å²) >= 11 is 0. The van der Waals surface area contributed by atoms with Gasteiger partial charge in [0.1, 0.15) is 0 Å². The summed E-state index contributed by atoms with van der Waals surface area (Å²) < 4.78 is 24.5. The van der Waals surface area contributed by atoms with Crippen molar-refractivity contribution in [2.24, 2.45) is 0 Å². The molecule has 20 heavy (non-hydrogen) atoms. The molecule has 1 heterocycles. The summed E-state index contributed by atoms with van der Waals surface area (Å²) in [4.78, 5) is 0. The molecule has 0 radical (unpaired) electrons. The molecule has 2 atom stereocenters. The van der Waals surface area contributed by atoms with Gasteiger partial charge < -0.3 is 14.6 Å². The van der Waals surface area contributed by atoms with Crippen LogP contribution >= 0.6 is 0 Å². The molecule has 2 rings (SSSR count). The second-order valence-electron chi connectivity index (χ2n) is 5.36. The van der Waals surface area contributed by atoms with Crippen LogP contribution in [0, 0.1) is 5.82 Å². The summed E-state index contributed by atoms with van der Waals surface area (Å²) in [5.41, 5.74) is 0.501. The van der Waals surface area contributed by atoms with E-state index in [0.29, 0.717) is 18.4 Å². The maximum atomic E-state index is 14.0. The monoisotopic (exact) mass is 282 g/mol. The van der Waals surface area contributed by atoms with Crippen molar-refractivity contribution in [1.29, 1.82) is 0 Å². The molecule has 0 aromatic heterocycles. The lowest BCUT2D eigenvalue weighted by atomic mass is 9.99. The van der Waals surface area contributed by atoms with Crippen molar-refractivity contribution in [3.63, 3.8) is 0 Å². The Balaban J connectivity index is 1.83. The second kappa shape index (κ2) is 7.60. The average molecular weight is 282 g/mol. The zero-order chi connectivity index (χ0) is 14.4. The number of rotatable bonds is 6. The molecule has 112 valence electrons. The summed E-state index contributed by atoms with van der Waals surface area (Å²) in [7, 11) is 1.44. The lowest BCUT2D eigenvalue weighted by molar-refractivity contribution is 0.00229. The van der Waals surface area contributed by atoms with E-state index in [2.05, 4.69) is 0 Å². The number of ether oxygens (including phenoxy) is 2. The number of aliphatic hydroxyl groups excluding tert-OH is 1. The SMILES string of the molecule is COc1cccc(CC(O)CCC2CCCCO2)c1F. The minimum absolute atomic E-state index is 0.227. The fourth-order valence-electron chi connectivity index (χ4n) is 2.64. The molecule has 0 saturated carbocycles. The molecular weight excluding hydrogens is 259 g/mol. The van der Waals surface area contributed by atoms with Gasteiger partial charge in [0.2, 0.25) is 0 Å². The van der Waals surface area contributed by atoms with E-state index < -0.39 is 6.10 Å². The fourth-order valence-corrected chi connectivity index (χ4v) is 2.64. The van der Waals surface area contributed by atoms with E-state index in [9.17, 15) is 9.50 Å². The predicted molar refractivity (Wildman–Crippen MR) is 75.5 cm³/mol. The van der Waals surface area contributed by atoms with E-state index in [1.807, 2.05) is 0 Å². The highest BCUT2D eigenvalue weighted by molar-refractivity contribution is 5.31. The van der Waals surface area contributed by atoms with Crippen molar-refractivity contribution in [2.75, 3.05) is 13.7 Å². The highest BCUT2D eigenvalue weighted by Gasteiger charge is 2.17. The maximum absolute atomic E-state index is 14.0. The number of benzene rings is 1. The molecule has 0 aliphatic carbocycles. The van der Waals surface area contributed by atoms with Gasteiger partial charge in [-0.25, -0.2) is 4.39 Å².